The van der Waals surface area contributed by atoms with Crippen molar-refractivity contribution >= 4 is 17.6 Å². The molecule has 22 heavy (non-hydrogen) atoms. The van der Waals surface area contributed by atoms with E-state index in [-0.39, 0.29) is 6.17 Å². The zero-order chi connectivity index (χ0) is 15.9. The number of nitrogens with zero attached hydrogens (tertiary/aromatic N) is 2. The quantitative estimate of drug-likeness (QED) is 0.832. The third-order valence-corrected chi connectivity index (χ3v) is 3.57. The predicted molar refractivity (Wildman–Crippen MR) is 95.1 cm³/mol. The largest absolute Gasteiger partial charge is 0.366 e. The highest BCUT2D eigenvalue weighted by atomic mass is 32.2. The summed E-state index contributed by atoms with van der Waals surface area (Å²) in [5, 5.41) is 8.45. The van der Waals surface area contributed by atoms with Gasteiger partial charge in [-0.1, -0.05) is 30.5 Å². The standard InChI is InChI=1S/C17H20N4S/c1-12(2)11-13(3)20-16-14(4)22-10-9-19-17(21-16)15-5-7-18-8-6-15/h5-11,17,19H,3-4H2,1-2H3,(H,20,21)/b10-9-. The maximum Gasteiger partial charge on any atom is 0.146 e. The van der Waals surface area contributed by atoms with Crippen LogP contribution in [-0.2, 0) is 0 Å². The second-order valence-electron chi connectivity index (χ2n) is 5.04. The van der Waals surface area contributed by atoms with E-state index in [4.69, 9.17) is 4.99 Å². The van der Waals surface area contributed by atoms with Crippen molar-refractivity contribution in [3.05, 3.63) is 77.1 Å². The van der Waals surface area contributed by atoms with Crippen LogP contribution in [0.4, 0.5) is 0 Å². The molecule has 0 aromatic carbocycles. The molecular weight excluding hydrogens is 292 g/mol. The van der Waals surface area contributed by atoms with Crippen LogP contribution in [0.15, 0.2) is 76.5 Å². The Morgan fingerprint density at radius 1 is 1.36 bits per heavy atom. The summed E-state index contributed by atoms with van der Waals surface area (Å²) in [6.45, 7) is 12.1. The van der Waals surface area contributed by atoms with E-state index in [1.807, 2.05) is 43.7 Å². The molecule has 0 bridgehead atoms. The van der Waals surface area contributed by atoms with Gasteiger partial charge in [-0.15, -0.1) is 0 Å². The Morgan fingerprint density at radius 2 is 2.09 bits per heavy atom. The number of aliphatic imine (C=N–C) groups is 1. The third-order valence-electron chi connectivity index (χ3n) is 2.82. The molecule has 5 heteroatoms. The molecule has 0 saturated heterocycles. The molecule has 0 aliphatic carbocycles. The normalized spacial score (nSPS) is 21.5. The van der Waals surface area contributed by atoms with Crippen molar-refractivity contribution in [1.82, 2.24) is 15.6 Å². The van der Waals surface area contributed by atoms with E-state index >= 15 is 0 Å². The summed E-state index contributed by atoms with van der Waals surface area (Å²) >= 11 is 1.51. The molecule has 2 heterocycles. The van der Waals surface area contributed by atoms with Crippen LogP contribution in [0.1, 0.15) is 25.6 Å². The number of hydrogen-bond acceptors (Lipinski definition) is 5. The second-order valence-corrected chi connectivity index (χ2v) is 6.04. The van der Waals surface area contributed by atoms with Gasteiger partial charge in [0.25, 0.3) is 0 Å². The van der Waals surface area contributed by atoms with Crippen LogP contribution in [0, 0.1) is 0 Å². The summed E-state index contributed by atoms with van der Waals surface area (Å²) in [6.07, 6.45) is 7.18. The van der Waals surface area contributed by atoms with E-state index in [1.165, 1.54) is 17.3 Å². The number of pyridine rings is 1. The average Bonchev–Trinajstić information content (AvgIpc) is 2.47. The molecule has 114 valence electrons. The summed E-state index contributed by atoms with van der Waals surface area (Å²) < 4.78 is 0. The highest BCUT2D eigenvalue weighted by molar-refractivity contribution is 8.06. The Kier molecular flexibility index (Phi) is 5.61. The highest BCUT2D eigenvalue weighted by Gasteiger charge is 2.14. The van der Waals surface area contributed by atoms with Crippen LogP contribution in [0.2, 0.25) is 0 Å². The Balaban J connectivity index is 2.28. The maximum absolute atomic E-state index is 4.74. The Morgan fingerprint density at radius 3 is 2.77 bits per heavy atom. The molecule has 1 aromatic rings. The number of allylic oxidation sites excluding steroid dienone is 2. The first-order valence-electron chi connectivity index (χ1n) is 6.92. The fourth-order valence-electron chi connectivity index (χ4n) is 1.90. The van der Waals surface area contributed by atoms with Crippen LogP contribution in [0.5, 0.6) is 0 Å². The lowest BCUT2D eigenvalue weighted by molar-refractivity contribution is 0.653. The second kappa shape index (κ2) is 7.66. The smallest absolute Gasteiger partial charge is 0.146 e. The first-order chi connectivity index (χ1) is 10.6. The summed E-state index contributed by atoms with van der Waals surface area (Å²) in [6, 6.07) is 3.88. The van der Waals surface area contributed by atoms with Crippen molar-refractivity contribution in [3.63, 3.8) is 0 Å². The van der Waals surface area contributed by atoms with Crippen LogP contribution in [-0.4, -0.2) is 10.8 Å². The first-order valence-corrected chi connectivity index (χ1v) is 7.80. The zero-order valence-electron chi connectivity index (χ0n) is 12.8. The molecule has 0 saturated carbocycles. The highest BCUT2D eigenvalue weighted by Crippen LogP contribution is 2.23. The molecule has 1 unspecified atom stereocenters. The summed E-state index contributed by atoms with van der Waals surface area (Å²) in [5.41, 5.74) is 3.00. The molecule has 0 radical (unpaired) electrons. The third kappa shape index (κ3) is 4.63. The van der Waals surface area contributed by atoms with E-state index < -0.39 is 0 Å². The van der Waals surface area contributed by atoms with E-state index in [0.717, 1.165) is 16.2 Å². The van der Waals surface area contributed by atoms with Gasteiger partial charge in [-0.3, -0.25) is 4.98 Å². The summed E-state index contributed by atoms with van der Waals surface area (Å²) in [4.78, 5) is 9.63. The van der Waals surface area contributed by atoms with E-state index in [0.29, 0.717) is 5.84 Å². The lowest BCUT2D eigenvalue weighted by Gasteiger charge is -2.20. The Labute approximate surface area is 135 Å². The first kappa shape index (κ1) is 16.1. The summed E-state index contributed by atoms with van der Waals surface area (Å²) in [5.74, 6) is 0.714. The van der Waals surface area contributed by atoms with Gasteiger partial charge < -0.3 is 10.6 Å². The number of amidine groups is 1. The number of thioether (sulfide) groups is 1. The van der Waals surface area contributed by atoms with Crippen molar-refractivity contribution in [2.75, 3.05) is 0 Å². The van der Waals surface area contributed by atoms with Crippen LogP contribution in [0.3, 0.4) is 0 Å². The average molecular weight is 312 g/mol. The molecule has 1 aliphatic rings. The fourth-order valence-corrected chi connectivity index (χ4v) is 2.42. The number of rotatable bonds is 3. The van der Waals surface area contributed by atoms with Crippen molar-refractivity contribution in [3.8, 4) is 0 Å². The lowest BCUT2D eigenvalue weighted by Crippen LogP contribution is -2.26. The minimum atomic E-state index is -0.195. The van der Waals surface area contributed by atoms with Gasteiger partial charge in [0.15, 0.2) is 0 Å². The topological polar surface area (TPSA) is 49.3 Å². The molecule has 1 atom stereocenters. The van der Waals surface area contributed by atoms with Crippen LogP contribution >= 0.6 is 11.8 Å². The van der Waals surface area contributed by atoms with Gasteiger partial charge in [0.2, 0.25) is 0 Å². The predicted octanol–water partition coefficient (Wildman–Crippen LogP) is 3.87. The van der Waals surface area contributed by atoms with Gasteiger partial charge in [-0.2, -0.15) is 0 Å². The minimum Gasteiger partial charge on any atom is -0.366 e. The molecule has 1 aliphatic heterocycles. The van der Waals surface area contributed by atoms with Crippen molar-refractivity contribution in [1.29, 1.82) is 0 Å². The SMILES string of the molecule is C=C(C=C(C)C)N/C1=N/C(c2ccncc2)N/C=C\SC1=C. The van der Waals surface area contributed by atoms with Gasteiger partial charge in [0, 0.05) is 29.2 Å². The lowest BCUT2D eigenvalue weighted by atomic mass is 10.2. The summed E-state index contributed by atoms with van der Waals surface area (Å²) in [7, 11) is 0. The van der Waals surface area contributed by atoms with Gasteiger partial charge in [-0.05, 0) is 43.0 Å². The zero-order valence-corrected chi connectivity index (χ0v) is 13.7. The van der Waals surface area contributed by atoms with E-state index in [2.05, 4.69) is 28.8 Å². The maximum atomic E-state index is 4.74. The van der Waals surface area contributed by atoms with E-state index in [9.17, 15) is 0 Å². The molecule has 2 rings (SSSR count). The minimum absolute atomic E-state index is 0.195. The van der Waals surface area contributed by atoms with Crippen LogP contribution in [0.25, 0.3) is 0 Å². The number of aromatic nitrogens is 1. The van der Waals surface area contributed by atoms with E-state index in [1.54, 1.807) is 12.4 Å². The van der Waals surface area contributed by atoms with Gasteiger partial charge >= 0.3 is 0 Å². The van der Waals surface area contributed by atoms with Crippen molar-refractivity contribution in [2.45, 2.75) is 20.0 Å². The van der Waals surface area contributed by atoms with Crippen LogP contribution < -0.4 is 10.6 Å². The Hall–Kier alpha value is -2.27. The van der Waals surface area contributed by atoms with Crippen molar-refractivity contribution < 1.29 is 0 Å². The molecule has 0 spiro atoms. The fraction of sp³-hybridized carbons (Fsp3) is 0.176. The molecule has 4 nitrogen and oxygen atoms in total. The molecule has 0 fully saturated rings. The van der Waals surface area contributed by atoms with Gasteiger partial charge in [0.05, 0.1) is 0 Å². The number of hydrogen-bond donors (Lipinski definition) is 2. The molecule has 2 N–H and O–H groups in total. The molecule has 0 amide bonds. The van der Waals surface area contributed by atoms with Crippen molar-refractivity contribution in [2.24, 2.45) is 4.99 Å². The number of nitrogens with one attached hydrogen (secondary N) is 2. The molecule has 1 aromatic heterocycles. The monoisotopic (exact) mass is 312 g/mol. The Bertz CT molecular complexity index is 640. The van der Waals surface area contributed by atoms with Gasteiger partial charge in [0.1, 0.15) is 12.0 Å². The van der Waals surface area contributed by atoms with Gasteiger partial charge in [-0.25, -0.2) is 4.99 Å². The molecular formula is C17H20N4S.